The van der Waals surface area contributed by atoms with E-state index in [1.54, 1.807) is 0 Å². The number of hydrogen-bond acceptors (Lipinski definition) is 6. The molecule has 1 unspecified atom stereocenters. The van der Waals surface area contributed by atoms with Gasteiger partial charge >= 0.3 is 5.97 Å². The van der Waals surface area contributed by atoms with Crippen molar-refractivity contribution < 1.29 is 14.5 Å². The number of esters is 1. The Bertz CT molecular complexity index is 668. The topological polar surface area (TPSA) is 105 Å². The summed E-state index contributed by atoms with van der Waals surface area (Å²) in [5.41, 5.74) is -0.694. The van der Waals surface area contributed by atoms with E-state index in [9.17, 15) is 20.2 Å². The molecule has 0 amide bonds. The molecule has 0 radical (unpaired) electrons. The van der Waals surface area contributed by atoms with E-state index in [2.05, 4.69) is 21.2 Å². The van der Waals surface area contributed by atoms with E-state index in [1.807, 2.05) is 6.07 Å². The van der Waals surface area contributed by atoms with Crippen LogP contribution >= 0.6 is 15.9 Å². The number of ether oxygens (including phenoxy) is 1. The van der Waals surface area contributed by atoms with Crippen LogP contribution in [0.1, 0.15) is 5.56 Å². The average Bonchev–Trinajstić information content (AvgIpc) is 2.51. The zero-order valence-electron chi connectivity index (χ0n) is 10.7. The van der Waals surface area contributed by atoms with Gasteiger partial charge in [-0.1, -0.05) is 22.0 Å². The standard InChI is InChI=1S/C13H10BrN3O4/c14-5-6-21-12(18)13(8-15)4-3-9-7-10(17(19)20)1-2-11(9)16-13/h1-4,7,16H,5-6H2. The van der Waals surface area contributed by atoms with E-state index in [0.717, 1.165) is 0 Å². The third kappa shape index (κ3) is 2.87. The quantitative estimate of drug-likeness (QED) is 0.386. The van der Waals surface area contributed by atoms with Crippen molar-refractivity contribution in [2.24, 2.45) is 0 Å². The number of anilines is 1. The molecule has 1 atom stereocenters. The lowest BCUT2D eigenvalue weighted by Gasteiger charge is -2.27. The average molecular weight is 352 g/mol. The number of nitrogens with one attached hydrogen (secondary N) is 1. The van der Waals surface area contributed by atoms with Crippen LogP contribution in [0, 0.1) is 21.4 Å². The SMILES string of the molecule is N#CC1(C(=O)OCCBr)C=Cc2cc([N+](=O)[O-])ccc2N1. The number of nitrogens with zero attached hydrogens (tertiary/aromatic N) is 2. The van der Waals surface area contributed by atoms with Crippen molar-refractivity contribution in [1.82, 2.24) is 0 Å². The molecule has 8 heteroatoms. The Morgan fingerprint density at radius 1 is 1.57 bits per heavy atom. The van der Waals surface area contributed by atoms with E-state index in [-0.39, 0.29) is 12.3 Å². The monoisotopic (exact) mass is 351 g/mol. The summed E-state index contributed by atoms with van der Waals surface area (Å²) < 4.78 is 4.97. The van der Waals surface area contributed by atoms with E-state index < -0.39 is 16.4 Å². The Morgan fingerprint density at radius 3 is 2.95 bits per heavy atom. The summed E-state index contributed by atoms with van der Waals surface area (Å²) in [5.74, 6) is -0.718. The molecule has 0 saturated carbocycles. The molecule has 1 aliphatic heterocycles. The number of nitro benzene ring substituents is 1. The number of fused-ring (bicyclic) bond motifs is 1. The van der Waals surface area contributed by atoms with Crippen molar-refractivity contribution in [1.29, 1.82) is 5.26 Å². The van der Waals surface area contributed by atoms with Crippen LogP contribution in [-0.4, -0.2) is 28.4 Å². The number of carbonyl (C=O) groups excluding carboxylic acids is 1. The first-order chi connectivity index (χ1) is 10.0. The van der Waals surface area contributed by atoms with E-state index in [4.69, 9.17) is 4.74 Å². The summed E-state index contributed by atoms with van der Waals surface area (Å²) >= 11 is 3.13. The molecule has 1 aromatic rings. The molecule has 21 heavy (non-hydrogen) atoms. The van der Waals surface area contributed by atoms with Crippen molar-refractivity contribution in [3.05, 3.63) is 40.0 Å². The zero-order chi connectivity index (χ0) is 15.5. The highest BCUT2D eigenvalue weighted by molar-refractivity contribution is 9.09. The van der Waals surface area contributed by atoms with Gasteiger partial charge in [-0.3, -0.25) is 10.1 Å². The third-order valence-electron chi connectivity index (χ3n) is 2.90. The molecule has 1 heterocycles. The van der Waals surface area contributed by atoms with Crippen LogP contribution in [0.3, 0.4) is 0 Å². The molecular formula is C13H10BrN3O4. The van der Waals surface area contributed by atoms with E-state index in [0.29, 0.717) is 16.6 Å². The van der Waals surface area contributed by atoms with Gasteiger partial charge in [0.25, 0.3) is 5.69 Å². The van der Waals surface area contributed by atoms with Crippen LogP contribution in [0.2, 0.25) is 0 Å². The molecule has 7 nitrogen and oxygen atoms in total. The minimum absolute atomic E-state index is 0.0634. The molecule has 0 bridgehead atoms. The Morgan fingerprint density at radius 2 is 2.33 bits per heavy atom. The lowest BCUT2D eigenvalue weighted by molar-refractivity contribution is -0.384. The summed E-state index contributed by atoms with van der Waals surface area (Å²) in [6.45, 7) is 0.144. The smallest absolute Gasteiger partial charge is 0.351 e. The van der Waals surface area contributed by atoms with Gasteiger partial charge in [-0.25, -0.2) is 4.79 Å². The molecule has 1 N–H and O–H groups in total. The first-order valence-corrected chi connectivity index (χ1v) is 7.05. The Balaban J connectivity index is 2.32. The second-order valence-corrected chi connectivity index (χ2v) is 5.02. The van der Waals surface area contributed by atoms with Gasteiger partial charge in [0.15, 0.2) is 0 Å². The fourth-order valence-corrected chi connectivity index (χ4v) is 2.02. The van der Waals surface area contributed by atoms with Crippen molar-refractivity contribution in [3.8, 4) is 6.07 Å². The van der Waals surface area contributed by atoms with Crippen LogP contribution < -0.4 is 5.32 Å². The molecule has 1 aromatic carbocycles. The number of alkyl halides is 1. The summed E-state index contributed by atoms with van der Waals surface area (Å²) in [6, 6.07) is 6.01. The number of carbonyl (C=O) groups is 1. The largest absolute Gasteiger partial charge is 0.462 e. The number of hydrogen-bond donors (Lipinski definition) is 1. The second kappa shape index (κ2) is 5.93. The highest BCUT2D eigenvalue weighted by Gasteiger charge is 2.40. The van der Waals surface area contributed by atoms with Gasteiger partial charge in [-0.05, 0) is 12.1 Å². The normalized spacial score (nSPS) is 19.0. The number of benzene rings is 1. The second-order valence-electron chi connectivity index (χ2n) is 4.23. The molecule has 0 saturated heterocycles. The Labute approximate surface area is 128 Å². The van der Waals surface area contributed by atoms with Crippen LogP contribution in [-0.2, 0) is 9.53 Å². The first-order valence-electron chi connectivity index (χ1n) is 5.93. The maximum absolute atomic E-state index is 12.0. The number of non-ortho nitro benzene ring substituents is 1. The molecule has 108 valence electrons. The Hall–Kier alpha value is -2.40. The fourth-order valence-electron chi connectivity index (χ4n) is 1.86. The maximum atomic E-state index is 12.0. The highest BCUT2D eigenvalue weighted by Crippen LogP contribution is 2.31. The summed E-state index contributed by atoms with van der Waals surface area (Å²) in [5, 5.41) is 23.3. The molecule has 2 rings (SSSR count). The summed E-state index contributed by atoms with van der Waals surface area (Å²) in [6.07, 6.45) is 2.84. The maximum Gasteiger partial charge on any atom is 0.351 e. The summed E-state index contributed by atoms with van der Waals surface area (Å²) in [7, 11) is 0. The molecule has 1 aliphatic rings. The van der Waals surface area contributed by atoms with E-state index >= 15 is 0 Å². The molecule has 0 fully saturated rings. The van der Waals surface area contributed by atoms with Crippen LogP contribution in [0.5, 0.6) is 0 Å². The van der Waals surface area contributed by atoms with Gasteiger partial charge in [-0.15, -0.1) is 0 Å². The van der Waals surface area contributed by atoms with Crippen LogP contribution in [0.15, 0.2) is 24.3 Å². The van der Waals surface area contributed by atoms with Gasteiger partial charge in [0, 0.05) is 28.7 Å². The molecule has 0 aliphatic carbocycles. The number of nitro groups is 1. The number of halogens is 1. The van der Waals surface area contributed by atoms with Crippen LogP contribution in [0.4, 0.5) is 11.4 Å². The lowest BCUT2D eigenvalue weighted by atomic mass is 9.94. The molecule has 0 spiro atoms. The molecule has 0 aromatic heterocycles. The first kappa shape index (κ1) is 15.0. The summed E-state index contributed by atoms with van der Waals surface area (Å²) in [4.78, 5) is 22.2. The van der Waals surface area contributed by atoms with Gasteiger partial charge in [0.05, 0.1) is 4.92 Å². The zero-order valence-corrected chi connectivity index (χ0v) is 12.3. The van der Waals surface area contributed by atoms with Crippen LogP contribution in [0.25, 0.3) is 6.08 Å². The number of rotatable bonds is 4. The van der Waals surface area contributed by atoms with Crippen molar-refractivity contribution >= 4 is 39.4 Å². The lowest BCUT2D eigenvalue weighted by Crippen LogP contribution is -2.46. The third-order valence-corrected chi connectivity index (χ3v) is 3.22. The molecular weight excluding hydrogens is 342 g/mol. The van der Waals surface area contributed by atoms with E-state index in [1.165, 1.54) is 30.4 Å². The minimum Gasteiger partial charge on any atom is -0.462 e. The number of nitriles is 1. The van der Waals surface area contributed by atoms with Crippen molar-refractivity contribution in [2.45, 2.75) is 5.54 Å². The van der Waals surface area contributed by atoms with Gasteiger partial charge in [0.1, 0.15) is 12.7 Å². The predicted octanol–water partition coefficient (Wildman–Crippen LogP) is 2.23. The van der Waals surface area contributed by atoms with Crippen molar-refractivity contribution in [3.63, 3.8) is 0 Å². The van der Waals surface area contributed by atoms with Gasteiger partial charge in [0.2, 0.25) is 5.54 Å². The van der Waals surface area contributed by atoms with Gasteiger partial charge in [-0.2, -0.15) is 5.26 Å². The fraction of sp³-hybridized carbons (Fsp3) is 0.231. The van der Waals surface area contributed by atoms with Gasteiger partial charge < -0.3 is 10.1 Å². The minimum atomic E-state index is -1.62. The van der Waals surface area contributed by atoms with Crippen molar-refractivity contribution in [2.75, 3.05) is 17.3 Å². The highest BCUT2D eigenvalue weighted by atomic mass is 79.9. The Kier molecular flexibility index (Phi) is 4.23. The predicted molar refractivity (Wildman–Crippen MR) is 78.9 cm³/mol.